The van der Waals surface area contributed by atoms with Crippen LogP contribution < -0.4 is 9.62 Å². The predicted molar refractivity (Wildman–Crippen MR) is 113 cm³/mol. The quantitative estimate of drug-likeness (QED) is 0.584. The normalized spacial score (nSPS) is 11.2. The number of nitrogens with one attached hydrogen (secondary N) is 1. The summed E-state index contributed by atoms with van der Waals surface area (Å²) >= 11 is 5.87. The Morgan fingerprint density at radius 2 is 1.60 bits per heavy atom. The zero-order valence-corrected chi connectivity index (χ0v) is 17.3. The van der Waals surface area contributed by atoms with Crippen LogP contribution in [-0.2, 0) is 16.6 Å². The molecule has 3 aromatic rings. The predicted octanol–water partition coefficient (Wildman–Crippen LogP) is 4.84. The highest BCUT2D eigenvalue weighted by Crippen LogP contribution is 2.23. The smallest absolute Gasteiger partial charge is 0.255 e. The summed E-state index contributed by atoms with van der Waals surface area (Å²) in [6.07, 6.45) is 1.09. The van der Waals surface area contributed by atoms with Gasteiger partial charge in [-0.1, -0.05) is 23.7 Å². The molecule has 5 nitrogen and oxygen atoms in total. The number of nitrogens with zero attached hydrogens (tertiary/aromatic N) is 1. The number of sulfonamides is 1. The summed E-state index contributed by atoms with van der Waals surface area (Å²) in [5.41, 5.74) is 1.44. The lowest BCUT2D eigenvalue weighted by Gasteiger charge is -2.23. The van der Waals surface area contributed by atoms with E-state index in [2.05, 4.69) is 5.32 Å². The van der Waals surface area contributed by atoms with Crippen molar-refractivity contribution in [1.82, 2.24) is 0 Å². The second kappa shape index (κ2) is 8.81. The number of hydrogen-bond donors (Lipinski definition) is 1. The molecular formula is C21H17ClF2N2O3S. The average Bonchev–Trinajstić information content (AvgIpc) is 2.69. The zero-order chi connectivity index (χ0) is 21.9. The van der Waals surface area contributed by atoms with Crippen LogP contribution in [0.1, 0.15) is 15.9 Å². The van der Waals surface area contributed by atoms with Crippen molar-refractivity contribution in [2.45, 2.75) is 6.54 Å². The average molecular weight is 451 g/mol. The van der Waals surface area contributed by atoms with E-state index in [1.165, 1.54) is 34.6 Å². The summed E-state index contributed by atoms with van der Waals surface area (Å²) in [5, 5.41) is 3.00. The van der Waals surface area contributed by atoms with Gasteiger partial charge in [0.05, 0.1) is 18.5 Å². The number of anilines is 2. The summed E-state index contributed by atoms with van der Waals surface area (Å²) in [6, 6.07) is 15.7. The number of carbonyl (C=O) groups is 1. The van der Waals surface area contributed by atoms with Crippen molar-refractivity contribution in [1.29, 1.82) is 0 Å². The molecule has 0 aliphatic heterocycles. The third-order valence-electron chi connectivity index (χ3n) is 4.23. The van der Waals surface area contributed by atoms with E-state index >= 15 is 0 Å². The SMILES string of the molecule is CS(=O)(=O)N(Cc1ccc(Cl)cc1)c1ccc(C(=O)Nc2ccc(F)c(F)c2)cc1. The van der Waals surface area contributed by atoms with Crippen molar-refractivity contribution < 1.29 is 22.0 Å². The molecule has 3 aromatic carbocycles. The van der Waals surface area contributed by atoms with Gasteiger partial charge in [0.2, 0.25) is 10.0 Å². The van der Waals surface area contributed by atoms with Gasteiger partial charge in [-0.25, -0.2) is 17.2 Å². The zero-order valence-electron chi connectivity index (χ0n) is 15.8. The van der Waals surface area contributed by atoms with Gasteiger partial charge < -0.3 is 5.32 Å². The molecule has 30 heavy (non-hydrogen) atoms. The molecule has 0 spiro atoms. The molecule has 9 heteroatoms. The van der Waals surface area contributed by atoms with E-state index in [4.69, 9.17) is 11.6 Å². The first-order valence-electron chi connectivity index (χ1n) is 8.72. The van der Waals surface area contributed by atoms with Gasteiger partial charge in [-0.3, -0.25) is 9.10 Å². The highest BCUT2D eigenvalue weighted by Gasteiger charge is 2.18. The highest BCUT2D eigenvalue weighted by atomic mass is 35.5. The summed E-state index contributed by atoms with van der Waals surface area (Å²) in [6.45, 7) is 0.0937. The van der Waals surface area contributed by atoms with E-state index in [0.717, 1.165) is 24.0 Å². The van der Waals surface area contributed by atoms with Gasteiger partial charge in [0, 0.05) is 22.3 Å². The van der Waals surface area contributed by atoms with Gasteiger partial charge in [-0.2, -0.15) is 0 Å². The van der Waals surface area contributed by atoms with E-state index in [9.17, 15) is 22.0 Å². The maximum absolute atomic E-state index is 13.3. The van der Waals surface area contributed by atoms with Crippen LogP contribution in [-0.4, -0.2) is 20.6 Å². The summed E-state index contributed by atoms with van der Waals surface area (Å²) in [4.78, 5) is 12.3. The second-order valence-electron chi connectivity index (χ2n) is 6.53. The topological polar surface area (TPSA) is 66.5 Å². The van der Waals surface area contributed by atoms with E-state index in [0.29, 0.717) is 10.7 Å². The first kappa shape index (κ1) is 21.7. The molecule has 0 heterocycles. The minimum absolute atomic E-state index is 0.0937. The van der Waals surface area contributed by atoms with Gasteiger partial charge in [-0.15, -0.1) is 0 Å². The van der Waals surface area contributed by atoms with Crippen LogP contribution in [0.4, 0.5) is 20.2 Å². The van der Waals surface area contributed by atoms with Crippen LogP contribution in [0.2, 0.25) is 5.02 Å². The van der Waals surface area contributed by atoms with Crippen LogP contribution >= 0.6 is 11.6 Å². The molecule has 1 N–H and O–H groups in total. The third-order valence-corrected chi connectivity index (χ3v) is 5.63. The first-order valence-corrected chi connectivity index (χ1v) is 10.9. The Bertz CT molecular complexity index is 1170. The standard InChI is InChI=1S/C21H17ClF2N2O3S/c1-30(28,29)26(13-14-2-6-16(22)7-3-14)18-9-4-15(5-10-18)21(27)25-17-8-11-19(23)20(24)12-17/h2-12H,13H2,1H3,(H,25,27). The molecule has 0 fully saturated rings. The molecule has 0 radical (unpaired) electrons. The lowest BCUT2D eigenvalue weighted by molar-refractivity contribution is 0.102. The van der Waals surface area contributed by atoms with Crippen LogP contribution in [0.15, 0.2) is 66.7 Å². The van der Waals surface area contributed by atoms with Crippen molar-refractivity contribution in [3.63, 3.8) is 0 Å². The summed E-state index contributed by atoms with van der Waals surface area (Å²) in [5.74, 6) is -2.63. The Kier molecular flexibility index (Phi) is 6.38. The van der Waals surface area contributed by atoms with Crippen LogP contribution in [0.25, 0.3) is 0 Å². The van der Waals surface area contributed by atoms with Crippen molar-refractivity contribution in [3.05, 3.63) is 94.5 Å². The minimum atomic E-state index is -3.59. The molecule has 0 aromatic heterocycles. The third kappa shape index (κ3) is 5.34. The van der Waals surface area contributed by atoms with Gasteiger partial charge >= 0.3 is 0 Å². The van der Waals surface area contributed by atoms with Crippen LogP contribution in [0.3, 0.4) is 0 Å². The number of rotatable bonds is 6. The van der Waals surface area contributed by atoms with Crippen molar-refractivity contribution in [2.75, 3.05) is 15.9 Å². The van der Waals surface area contributed by atoms with Crippen LogP contribution in [0.5, 0.6) is 0 Å². The molecule has 0 saturated heterocycles. The Morgan fingerprint density at radius 3 is 2.17 bits per heavy atom. The van der Waals surface area contributed by atoms with E-state index < -0.39 is 27.6 Å². The molecule has 0 bridgehead atoms. The molecular weight excluding hydrogens is 434 g/mol. The van der Waals surface area contributed by atoms with Crippen LogP contribution in [0, 0.1) is 11.6 Å². The second-order valence-corrected chi connectivity index (χ2v) is 8.87. The number of carbonyl (C=O) groups excluding carboxylic acids is 1. The van der Waals surface area contributed by atoms with E-state index in [-0.39, 0.29) is 17.8 Å². The molecule has 156 valence electrons. The Balaban J connectivity index is 1.79. The monoisotopic (exact) mass is 450 g/mol. The highest BCUT2D eigenvalue weighted by molar-refractivity contribution is 7.92. The van der Waals surface area contributed by atoms with Gasteiger partial charge in [0.25, 0.3) is 5.91 Å². The number of amides is 1. The molecule has 0 atom stereocenters. The Hall–Kier alpha value is -2.97. The van der Waals surface area contributed by atoms with Crippen molar-refractivity contribution >= 4 is 38.9 Å². The molecule has 0 unspecified atom stereocenters. The largest absolute Gasteiger partial charge is 0.322 e. The molecule has 1 amide bonds. The maximum Gasteiger partial charge on any atom is 0.255 e. The number of hydrogen-bond acceptors (Lipinski definition) is 3. The fourth-order valence-corrected chi connectivity index (χ4v) is 3.73. The summed E-state index contributed by atoms with van der Waals surface area (Å²) in [7, 11) is -3.59. The Morgan fingerprint density at radius 1 is 0.967 bits per heavy atom. The molecule has 0 aliphatic rings. The first-order chi connectivity index (χ1) is 14.1. The summed E-state index contributed by atoms with van der Waals surface area (Å²) < 4.78 is 52.0. The Labute approximate surface area is 178 Å². The van der Waals surface area contributed by atoms with Gasteiger partial charge in [0.15, 0.2) is 11.6 Å². The molecule has 3 rings (SSSR count). The molecule has 0 saturated carbocycles. The van der Waals surface area contributed by atoms with Crippen molar-refractivity contribution in [2.24, 2.45) is 0 Å². The minimum Gasteiger partial charge on any atom is -0.322 e. The fourth-order valence-electron chi connectivity index (χ4n) is 2.71. The van der Waals surface area contributed by atoms with Crippen molar-refractivity contribution in [3.8, 4) is 0 Å². The fraction of sp³-hybridized carbons (Fsp3) is 0.0952. The van der Waals surface area contributed by atoms with Gasteiger partial charge in [0.1, 0.15) is 0 Å². The maximum atomic E-state index is 13.3. The molecule has 0 aliphatic carbocycles. The van der Waals surface area contributed by atoms with E-state index in [1.54, 1.807) is 24.3 Å². The number of halogens is 3. The lowest BCUT2D eigenvalue weighted by Crippen LogP contribution is -2.29. The van der Waals surface area contributed by atoms with Gasteiger partial charge in [-0.05, 0) is 54.1 Å². The number of benzene rings is 3. The van der Waals surface area contributed by atoms with E-state index in [1.807, 2.05) is 0 Å². The lowest BCUT2D eigenvalue weighted by atomic mass is 10.1.